The van der Waals surface area contributed by atoms with Crippen molar-refractivity contribution in [1.82, 2.24) is 9.97 Å². The van der Waals surface area contributed by atoms with Gasteiger partial charge in [-0.3, -0.25) is 9.20 Å². The number of hydrogen-bond donors (Lipinski definition) is 1. The maximum Gasteiger partial charge on any atom is 0.233 e. The number of halogens is 2. The van der Waals surface area contributed by atoms with E-state index in [9.17, 15) is 13.0 Å². The fourth-order valence-electron chi connectivity index (χ4n) is 2.81. The van der Waals surface area contributed by atoms with Crippen LogP contribution in [0.5, 0.6) is 5.88 Å². The molecule has 6 nitrogen and oxygen atoms in total. The molecule has 0 saturated carbocycles. The van der Waals surface area contributed by atoms with E-state index in [1.165, 1.54) is 36.7 Å². The second-order valence-electron chi connectivity index (χ2n) is 7.28. The molecule has 0 radical (unpaired) electrons. The lowest BCUT2D eigenvalue weighted by Crippen LogP contribution is -2.47. The number of ether oxygens (including phenoxy) is 1. The summed E-state index contributed by atoms with van der Waals surface area (Å²) in [6.45, 7) is 5.32. The predicted octanol–water partition coefficient (Wildman–Crippen LogP) is 3.42. The molecule has 2 aromatic rings. The summed E-state index contributed by atoms with van der Waals surface area (Å²) >= 11 is 0. The molecule has 0 fully saturated rings. The molecular formula is C22H22F2N4O2S. The maximum absolute atomic E-state index is 14.7. The molecule has 2 atom stereocenters. The highest BCUT2D eigenvalue weighted by Crippen LogP contribution is 2.31. The molecule has 3 rings (SSSR count). The first kappa shape index (κ1) is 22.6. The Morgan fingerprint density at radius 3 is 2.81 bits per heavy atom. The quantitative estimate of drug-likeness (QED) is 0.714. The fourth-order valence-corrected chi connectivity index (χ4v) is 4.06. The van der Waals surface area contributed by atoms with Crippen LogP contribution in [0.4, 0.5) is 8.78 Å². The summed E-state index contributed by atoms with van der Waals surface area (Å²) in [6.07, 6.45) is 3.75. The average Bonchev–Trinajstić information content (AvgIpc) is 2.74. The summed E-state index contributed by atoms with van der Waals surface area (Å²) < 4.78 is 46.1. The first-order valence-corrected chi connectivity index (χ1v) is 10.8. The number of rotatable bonds is 5. The molecule has 1 aromatic carbocycles. The number of nitrogens with two attached hydrogens (primary N) is 1. The van der Waals surface area contributed by atoms with E-state index >= 15 is 0 Å². The van der Waals surface area contributed by atoms with Gasteiger partial charge >= 0.3 is 0 Å². The van der Waals surface area contributed by atoms with Crippen molar-refractivity contribution < 1.29 is 17.7 Å². The largest absolute Gasteiger partial charge is 0.463 e. The first-order valence-electron chi connectivity index (χ1n) is 9.46. The third-order valence-electron chi connectivity index (χ3n) is 4.80. The van der Waals surface area contributed by atoms with Crippen LogP contribution < -0.4 is 10.5 Å². The minimum absolute atomic E-state index is 0.00239. The molecule has 0 aliphatic carbocycles. The monoisotopic (exact) mass is 444 g/mol. The molecule has 0 bridgehead atoms. The van der Waals surface area contributed by atoms with Crippen LogP contribution in [0.1, 0.15) is 43.6 Å². The Balaban J connectivity index is 1.84. The zero-order valence-corrected chi connectivity index (χ0v) is 18.2. The van der Waals surface area contributed by atoms with E-state index in [1.807, 2.05) is 0 Å². The number of amidine groups is 1. The van der Waals surface area contributed by atoms with Gasteiger partial charge in [-0.25, -0.2) is 18.7 Å². The van der Waals surface area contributed by atoms with Crippen LogP contribution in [0, 0.1) is 17.7 Å². The Morgan fingerprint density at radius 1 is 1.39 bits per heavy atom. The third kappa shape index (κ3) is 5.14. The molecule has 0 saturated heterocycles. The van der Waals surface area contributed by atoms with E-state index in [0.717, 1.165) is 0 Å². The molecule has 0 amide bonds. The highest BCUT2D eigenvalue weighted by atomic mass is 32.2. The lowest BCUT2D eigenvalue weighted by Gasteiger charge is -2.31. The normalized spacial score (nSPS) is 20.4. The zero-order valence-electron chi connectivity index (χ0n) is 17.4. The van der Waals surface area contributed by atoms with Gasteiger partial charge < -0.3 is 10.5 Å². The lowest BCUT2D eigenvalue weighted by atomic mass is 10.0. The average molecular weight is 445 g/mol. The van der Waals surface area contributed by atoms with Gasteiger partial charge in [0.05, 0.1) is 28.9 Å². The molecule has 162 valence electrons. The van der Waals surface area contributed by atoms with E-state index in [0.29, 0.717) is 5.56 Å². The molecule has 2 unspecified atom stereocenters. The number of hydrogen-bond acceptors (Lipinski definition) is 6. The van der Waals surface area contributed by atoms with Crippen LogP contribution in [-0.4, -0.2) is 37.1 Å². The fraction of sp³-hybridized carbons (Fsp3) is 0.318. The molecule has 9 heteroatoms. The van der Waals surface area contributed by atoms with Crippen LogP contribution in [0.3, 0.4) is 0 Å². The van der Waals surface area contributed by atoms with Gasteiger partial charge in [0, 0.05) is 16.4 Å². The number of nitrogens with zero attached hydrogens (tertiary/aromatic N) is 3. The SMILES string of the molecule is CC#CCOc1cnc(/C(F)=C/c2ccc(F)c(C3CS(=O)C(C)(C)C(N)=N3)c2)cn1. The Kier molecular flexibility index (Phi) is 6.81. The molecule has 2 heterocycles. The smallest absolute Gasteiger partial charge is 0.233 e. The van der Waals surface area contributed by atoms with E-state index in [4.69, 9.17) is 10.5 Å². The third-order valence-corrected chi connectivity index (χ3v) is 6.77. The van der Waals surface area contributed by atoms with Crippen molar-refractivity contribution in [1.29, 1.82) is 0 Å². The topological polar surface area (TPSA) is 90.5 Å². The van der Waals surface area contributed by atoms with Crippen LogP contribution in [0.25, 0.3) is 11.9 Å². The Morgan fingerprint density at radius 2 is 2.16 bits per heavy atom. The summed E-state index contributed by atoms with van der Waals surface area (Å²) in [5.41, 5.74) is 6.57. The van der Waals surface area contributed by atoms with E-state index in [-0.39, 0.29) is 35.3 Å². The molecule has 0 spiro atoms. The van der Waals surface area contributed by atoms with Gasteiger partial charge in [0.15, 0.2) is 12.4 Å². The van der Waals surface area contributed by atoms with Crippen LogP contribution in [-0.2, 0) is 10.8 Å². The van der Waals surface area contributed by atoms with Crippen molar-refractivity contribution in [2.24, 2.45) is 10.7 Å². The number of benzene rings is 1. The zero-order chi connectivity index (χ0) is 22.6. The maximum atomic E-state index is 14.7. The van der Waals surface area contributed by atoms with Gasteiger partial charge in [-0.15, -0.1) is 5.92 Å². The molecule has 1 aromatic heterocycles. The molecular weight excluding hydrogens is 422 g/mol. The van der Waals surface area contributed by atoms with Crippen molar-refractivity contribution >= 4 is 28.5 Å². The summed E-state index contributed by atoms with van der Waals surface area (Å²) in [7, 11) is -1.32. The van der Waals surface area contributed by atoms with E-state index < -0.39 is 33.2 Å². The predicted molar refractivity (Wildman–Crippen MR) is 118 cm³/mol. The van der Waals surface area contributed by atoms with Crippen LogP contribution >= 0.6 is 0 Å². The molecule has 31 heavy (non-hydrogen) atoms. The van der Waals surface area contributed by atoms with Gasteiger partial charge in [0.1, 0.15) is 17.3 Å². The van der Waals surface area contributed by atoms with Gasteiger partial charge in [0.2, 0.25) is 5.88 Å². The van der Waals surface area contributed by atoms with Gasteiger partial charge in [-0.05, 0) is 44.5 Å². The molecule has 1 aliphatic heterocycles. The minimum atomic E-state index is -1.32. The van der Waals surface area contributed by atoms with Crippen LogP contribution in [0.15, 0.2) is 35.6 Å². The Hall–Kier alpha value is -3.12. The van der Waals surface area contributed by atoms with E-state index in [2.05, 4.69) is 26.8 Å². The summed E-state index contributed by atoms with van der Waals surface area (Å²) in [6, 6.07) is 3.43. The summed E-state index contributed by atoms with van der Waals surface area (Å²) in [4.78, 5) is 12.3. The minimum Gasteiger partial charge on any atom is -0.463 e. The Labute approximate surface area is 182 Å². The molecule has 1 aliphatic rings. The van der Waals surface area contributed by atoms with Gasteiger partial charge in [-0.1, -0.05) is 12.0 Å². The van der Waals surface area contributed by atoms with Crippen molar-refractivity contribution in [3.8, 4) is 17.7 Å². The highest BCUT2D eigenvalue weighted by molar-refractivity contribution is 7.87. The van der Waals surface area contributed by atoms with E-state index in [1.54, 1.807) is 20.8 Å². The first-order chi connectivity index (χ1) is 14.7. The number of aliphatic imine (C=N–C) groups is 1. The Bertz CT molecular complexity index is 1120. The second kappa shape index (κ2) is 9.35. The van der Waals surface area contributed by atoms with Crippen LogP contribution in [0.2, 0.25) is 0 Å². The number of aromatic nitrogens is 2. The summed E-state index contributed by atoms with van der Waals surface area (Å²) in [5.74, 6) is 4.80. The molecule has 2 N–H and O–H groups in total. The van der Waals surface area contributed by atoms with Gasteiger partial charge in [0.25, 0.3) is 0 Å². The van der Waals surface area contributed by atoms with Crippen molar-refractivity contribution in [2.45, 2.75) is 31.6 Å². The van der Waals surface area contributed by atoms with Crippen molar-refractivity contribution in [2.75, 3.05) is 12.4 Å². The van der Waals surface area contributed by atoms with Crippen molar-refractivity contribution in [3.05, 3.63) is 53.2 Å². The highest BCUT2D eigenvalue weighted by Gasteiger charge is 2.37. The lowest BCUT2D eigenvalue weighted by molar-refractivity contribution is 0.353. The van der Waals surface area contributed by atoms with Gasteiger partial charge in [-0.2, -0.15) is 0 Å². The van der Waals surface area contributed by atoms with Crippen molar-refractivity contribution in [3.63, 3.8) is 0 Å². The second-order valence-corrected chi connectivity index (χ2v) is 9.33. The summed E-state index contributed by atoms with van der Waals surface area (Å²) in [5, 5.41) is 0. The standard InChI is InChI=1S/C22H22F2N4O2S/c1-4-5-8-30-20-12-26-18(11-27-20)17(24)10-14-6-7-16(23)15(9-14)19-13-31(29)22(2,3)21(25)28-19/h6-7,9-12,19H,8,13H2,1-3H3,(H2,25,28)/b17-10-.